The van der Waals surface area contributed by atoms with Gasteiger partial charge in [-0.05, 0) is 24.5 Å². The van der Waals surface area contributed by atoms with Gasteiger partial charge in [-0.3, -0.25) is 4.90 Å². The molecule has 0 aromatic carbocycles. The number of hydrogen-bond donors (Lipinski definition) is 1. The number of hydrogen-bond acceptors (Lipinski definition) is 3. The average Bonchev–Trinajstić information content (AvgIpc) is 2.70. The summed E-state index contributed by atoms with van der Waals surface area (Å²) in [7, 11) is 0. The lowest BCUT2D eigenvalue weighted by atomic mass is 10.0. The summed E-state index contributed by atoms with van der Waals surface area (Å²) in [5.41, 5.74) is 0. The van der Waals surface area contributed by atoms with Crippen LogP contribution in [0, 0.1) is 5.92 Å². The summed E-state index contributed by atoms with van der Waals surface area (Å²) in [5, 5.41) is 3.59. The Balaban J connectivity index is 1.82. The third kappa shape index (κ3) is 3.35. The summed E-state index contributed by atoms with van der Waals surface area (Å²) in [4.78, 5) is 2.47. The summed E-state index contributed by atoms with van der Waals surface area (Å²) in [6.45, 7) is 8.87. The molecule has 2 rings (SSSR count). The molecule has 90 valence electrons. The number of rotatable bonds is 4. The van der Waals surface area contributed by atoms with Crippen LogP contribution in [0.3, 0.4) is 0 Å². The van der Waals surface area contributed by atoms with Crippen molar-refractivity contribution < 1.29 is 4.42 Å². The fourth-order valence-corrected chi connectivity index (χ4v) is 2.39. The average molecular weight is 222 g/mol. The summed E-state index contributed by atoms with van der Waals surface area (Å²) < 4.78 is 5.39. The summed E-state index contributed by atoms with van der Waals surface area (Å²) in [6.07, 6.45) is 3.01. The highest BCUT2D eigenvalue weighted by Crippen LogP contribution is 2.12. The van der Waals surface area contributed by atoms with Crippen LogP contribution in [0.5, 0.6) is 0 Å². The van der Waals surface area contributed by atoms with Crippen molar-refractivity contribution in [2.45, 2.75) is 32.9 Å². The highest BCUT2D eigenvalue weighted by molar-refractivity contribution is 4.98. The Morgan fingerprint density at radius 3 is 3.12 bits per heavy atom. The van der Waals surface area contributed by atoms with Crippen molar-refractivity contribution in [2.24, 2.45) is 5.92 Å². The van der Waals surface area contributed by atoms with Crippen molar-refractivity contribution in [3.05, 3.63) is 24.2 Å². The zero-order valence-electron chi connectivity index (χ0n) is 10.3. The lowest BCUT2D eigenvalue weighted by Gasteiger charge is -2.34. The predicted octanol–water partition coefficient (Wildman–Crippen LogP) is 2.10. The molecule has 1 atom stereocenters. The molecule has 16 heavy (non-hydrogen) atoms. The van der Waals surface area contributed by atoms with Crippen molar-refractivity contribution in [1.29, 1.82) is 0 Å². The Morgan fingerprint density at radius 2 is 2.44 bits per heavy atom. The summed E-state index contributed by atoms with van der Waals surface area (Å²) in [6, 6.07) is 4.66. The van der Waals surface area contributed by atoms with E-state index in [2.05, 4.69) is 30.1 Å². The second-order valence-corrected chi connectivity index (χ2v) is 5.10. The fraction of sp³-hybridized carbons (Fsp3) is 0.692. The number of piperazine rings is 1. The minimum Gasteiger partial charge on any atom is -0.468 e. The highest BCUT2D eigenvalue weighted by Gasteiger charge is 2.20. The molecule has 1 aromatic heterocycles. The van der Waals surface area contributed by atoms with Crippen molar-refractivity contribution in [3.8, 4) is 0 Å². The van der Waals surface area contributed by atoms with Crippen molar-refractivity contribution in [3.63, 3.8) is 0 Å². The predicted molar refractivity (Wildman–Crippen MR) is 65.2 cm³/mol. The zero-order chi connectivity index (χ0) is 11.4. The maximum absolute atomic E-state index is 5.39. The van der Waals surface area contributed by atoms with E-state index in [0.717, 1.165) is 37.9 Å². The summed E-state index contributed by atoms with van der Waals surface area (Å²) >= 11 is 0. The molecule has 0 spiro atoms. The SMILES string of the molecule is CC(C)CC1CN(Cc2ccco2)CCN1. The number of furan rings is 1. The first kappa shape index (κ1) is 11.7. The number of nitrogens with zero attached hydrogens (tertiary/aromatic N) is 1. The molecular formula is C13H22N2O. The largest absolute Gasteiger partial charge is 0.468 e. The molecule has 1 fully saturated rings. The molecule has 0 saturated carbocycles. The van der Waals surface area contributed by atoms with E-state index in [-0.39, 0.29) is 0 Å². The molecule has 1 aliphatic rings. The molecule has 0 radical (unpaired) electrons. The number of nitrogens with one attached hydrogen (secondary N) is 1. The van der Waals surface area contributed by atoms with Crippen LogP contribution in [0.25, 0.3) is 0 Å². The van der Waals surface area contributed by atoms with Crippen LogP contribution in [0.4, 0.5) is 0 Å². The second-order valence-electron chi connectivity index (χ2n) is 5.10. The van der Waals surface area contributed by atoms with Gasteiger partial charge in [0.05, 0.1) is 12.8 Å². The van der Waals surface area contributed by atoms with Crippen LogP contribution < -0.4 is 5.32 Å². The first-order chi connectivity index (χ1) is 7.74. The van der Waals surface area contributed by atoms with Gasteiger partial charge in [-0.2, -0.15) is 0 Å². The molecule has 0 amide bonds. The van der Waals surface area contributed by atoms with Crippen LogP contribution in [0.15, 0.2) is 22.8 Å². The standard InChI is InChI=1S/C13H22N2O/c1-11(2)8-12-9-15(6-5-14-12)10-13-4-3-7-16-13/h3-4,7,11-12,14H,5-6,8-10H2,1-2H3. The highest BCUT2D eigenvalue weighted by atomic mass is 16.3. The summed E-state index contributed by atoms with van der Waals surface area (Å²) in [5.74, 6) is 1.84. The van der Waals surface area contributed by atoms with E-state index in [1.165, 1.54) is 6.42 Å². The Morgan fingerprint density at radius 1 is 1.56 bits per heavy atom. The monoisotopic (exact) mass is 222 g/mol. The lowest BCUT2D eigenvalue weighted by Crippen LogP contribution is -2.50. The van der Waals surface area contributed by atoms with Gasteiger partial charge in [-0.1, -0.05) is 13.8 Å². The minimum absolute atomic E-state index is 0.642. The third-order valence-corrected chi connectivity index (χ3v) is 3.06. The smallest absolute Gasteiger partial charge is 0.117 e. The van der Waals surface area contributed by atoms with Gasteiger partial charge in [0.2, 0.25) is 0 Å². The van der Waals surface area contributed by atoms with Gasteiger partial charge in [0, 0.05) is 25.7 Å². The molecule has 0 aliphatic carbocycles. The molecule has 2 heterocycles. The van der Waals surface area contributed by atoms with E-state index >= 15 is 0 Å². The topological polar surface area (TPSA) is 28.4 Å². The molecule has 1 N–H and O–H groups in total. The van der Waals surface area contributed by atoms with E-state index < -0.39 is 0 Å². The van der Waals surface area contributed by atoms with Crippen LogP contribution in [-0.2, 0) is 6.54 Å². The molecule has 1 aromatic rings. The van der Waals surface area contributed by atoms with Gasteiger partial charge in [-0.25, -0.2) is 0 Å². The molecule has 3 nitrogen and oxygen atoms in total. The third-order valence-electron chi connectivity index (χ3n) is 3.06. The van der Waals surface area contributed by atoms with Crippen molar-refractivity contribution in [2.75, 3.05) is 19.6 Å². The van der Waals surface area contributed by atoms with Crippen LogP contribution in [0.2, 0.25) is 0 Å². The molecule has 1 aliphatic heterocycles. The van der Waals surface area contributed by atoms with E-state index in [9.17, 15) is 0 Å². The van der Waals surface area contributed by atoms with Crippen molar-refractivity contribution >= 4 is 0 Å². The van der Waals surface area contributed by atoms with Gasteiger partial charge < -0.3 is 9.73 Å². The van der Waals surface area contributed by atoms with Gasteiger partial charge in [0.1, 0.15) is 5.76 Å². The normalized spacial score (nSPS) is 22.8. The van der Waals surface area contributed by atoms with Gasteiger partial charge >= 0.3 is 0 Å². The van der Waals surface area contributed by atoms with Gasteiger partial charge in [0.25, 0.3) is 0 Å². The van der Waals surface area contributed by atoms with E-state index in [1.807, 2.05) is 6.07 Å². The van der Waals surface area contributed by atoms with Crippen LogP contribution >= 0.6 is 0 Å². The van der Waals surface area contributed by atoms with E-state index in [4.69, 9.17) is 4.42 Å². The minimum atomic E-state index is 0.642. The Hall–Kier alpha value is -0.800. The zero-order valence-corrected chi connectivity index (χ0v) is 10.3. The van der Waals surface area contributed by atoms with Gasteiger partial charge in [0.15, 0.2) is 0 Å². The van der Waals surface area contributed by atoms with E-state index in [0.29, 0.717) is 6.04 Å². The Bertz CT molecular complexity index is 295. The second kappa shape index (κ2) is 5.51. The maximum Gasteiger partial charge on any atom is 0.117 e. The first-order valence-electron chi connectivity index (χ1n) is 6.22. The maximum atomic E-state index is 5.39. The first-order valence-corrected chi connectivity index (χ1v) is 6.22. The molecule has 3 heteroatoms. The Labute approximate surface area is 97.8 Å². The molecular weight excluding hydrogens is 200 g/mol. The fourth-order valence-electron chi connectivity index (χ4n) is 2.39. The van der Waals surface area contributed by atoms with E-state index in [1.54, 1.807) is 6.26 Å². The molecule has 1 saturated heterocycles. The van der Waals surface area contributed by atoms with Gasteiger partial charge in [-0.15, -0.1) is 0 Å². The lowest BCUT2D eigenvalue weighted by molar-refractivity contribution is 0.169. The van der Waals surface area contributed by atoms with Crippen molar-refractivity contribution in [1.82, 2.24) is 10.2 Å². The quantitative estimate of drug-likeness (QED) is 0.845. The Kier molecular flexibility index (Phi) is 4.02. The van der Waals surface area contributed by atoms with Crippen LogP contribution in [-0.4, -0.2) is 30.6 Å². The van der Waals surface area contributed by atoms with Crippen LogP contribution in [0.1, 0.15) is 26.0 Å². The molecule has 1 unspecified atom stereocenters. The molecule has 0 bridgehead atoms.